The molecule has 0 aromatic heterocycles. The van der Waals surface area contributed by atoms with Crippen molar-refractivity contribution in [1.82, 2.24) is 5.43 Å². The third-order valence-electron chi connectivity index (χ3n) is 2.44. The van der Waals surface area contributed by atoms with Gasteiger partial charge in [0.05, 0.1) is 5.69 Å². The summed E-state index contributed by atoms with van der Waals surface area (Å²) in [4.78, 5) is 23.7. The van der Waals surface area contributed by atoms with Gasteiger partial charge in [-0.3, -0.25) is 15.0 Å². The molecular formula is C12H11BrN2O2. The van der Waals surface area contributed by atoms with Gasteiger partial charge < -0.3 is 0 Å². The van der Waals surface area contributed by atoms with Crippen molar-refractivity contribution in [3.8, 4) is 0 Å². The van der Waals surface area contributed by atoms with Crippen LogP contribution in [0.15, 0.2) is 39.9 Å². The van der Waals surface area contributed by atoms with Crippen LogP contribution in [0, 0.1) is 0 Å². The van der Waals surface area contributed by atoms with E-state index in [1.807, 2.05) is 12.1 Å². The van der Waals surface area contributed by atoms with Gasteiger partial charge >= 0.3 is 0 Å². The molecule has 1 aliphatic heterocycles. The molecule has 1 heterocycles. The maximum absolute atomic E-state index is 12.0. The Morgan fingerprint density at radius 2 is 1.76 bits per heavy atom. The lowest BCUT2D eigenvalue weighted by Gasteiger charge is -2.14. The first-order chi connectivity index (χ1) is 8.00. The van der Waals surface area contributed by atoms with Crippen LogP contribution in [-0.2, 0) is 9.59 Å². The number of carbonyl (C=O) groups is 2. The first kappa shape index (κ1) is 11.9. The van der Waals surface area contributed by atoms with Gasteiger partial charge in [-0.25, -0.2) is 5.01 Å². The first-order valence-electron chi connectivity index (χ1n) is 5.09. The number of amides is 2. The summed E-state index contributed by atoms with van der Waals surface area (Å²) in [6, 6.07) is 7.15. The van der Waals surface area contributed by atoms with E-state index in [4.69, 9.17) is 0 Å². The molecule has 0 saturated carbocycles. The number of rotatable bonds is 1. The molecule has 0 unspecified atom stereocenters. The third kappa shape index (κ3) is 2.10. The standard InChI is InChI=1S/C12H11BrN2O2/c1-7(2)10-11(16)14-15(12(10)17)9-5-3-8(13)4-6-9/h3-6H,1-2H3,(H,14,16). The number of hydrazine groups is 1. The third-order valence-corrected chi connectivity index (χ3v) is 2.97. The van der Waals surface area contributed by atoms with Crippen LogP contribution in [0.3, 0.4) is 0 Å². The molecule has 0 spiro atoms. The summed E-state index contributed by atoms with van der Waals surface area (Å²) in [5.41, 5.74) is 4.11. The monoisotopic (exact) mass is 294 g/mol. The highest BCUT2D eigenvalue weighted by atomic mass is 79.9. The molecular weight excluding hydrogens is 284 g/mol. The zero-order valence-corrected chi connectivity index (χ0v) is 11.0. The number of hydrogen-bond acceptors (Lipinski definition) is 2. The highest BCUT2D eigenvalue weighted by Gasteiger charge is 2.35. The second-order valence-corrected chi connectivity index (χ2v) is 4.85. The summed E-state index contributed by atoms with van der Waals surface area (Å²) >= 11 is 3.32. The lowest BCUT2D eigenvalue weighted by atomic mass is 10.1. The summed E-state index contributed by atoms with van der Waals surface area (Å²) in [6.07, 6.45) is 0. The van der Waals surface area contributed by atoms with Gasteiger partial charge in [0.15, 0.2) is 0 Å². The van der Waals surface area contributed by atoms with Crippen molar-refractivity contribution < 1.29 is 9.59 Å². The molecule has 2 rings (SSSR count). The Morgan fingerprint density at radius 3 is 2.24 bits per heavy atom. The number of allylic oxidation sites excluding steroid dienone is 1. The zero-order chi connectivity index (χ0) is 12.6. The Labute approximate surface area is 107 Å². The molecule has 0 atom stereocenters. The lowest BCUT2D eigenvalue weighted by molar-refractivity contribution is -0.117. The Kier molecular flexibility index (Phi) is 3.02. The minimum atomic E-state index is -0.349. The summed E-state index contributed by atoms with van der Waals surface area (Å²) < 4.78 is 0.918. The van der Waals surface area contributed by atoms with Crippen molar-refractivity contribution >= 4 is 33.4 Å². The van der Waals surface area contributed by atoms with Crippen molar-refractivity contribution in [2.45, 2.75) is 13.8 Å². The number of halogens is 1. The van der Waals surface area contributed by atoms with Crippen LogP contribution in [0.2, 0.25) is 0 Å². The molecule has 1 fully saturated rings. The smallest absolute Gasteiger partial charge is 0.267 e. The molecule has 1 saturated heterocycles. The van der Waals surface area contributed by atoms with Crippen LogP contribution in [0.1, 0.15) is 13.8 Å². The molecule has 0 bridgehead atoms. The molecule has 1 aromatic rings. The fraction of sp³-hybridized carbons (Fsp3) is 0.167. The molecule has 0 aliphatic carbocycles. The van der Waals surface area contributed by atoms with Crippen LogP contribution < -0.4 is 10.4 Å². The molecule has 17 heavy (non-hydrogen) atoms. The number of carbonyl (C=O) groups excluding carboxylic acids is 2. The highest BCUT2D eigenvalue weighted by Crippen LogP contribution is 2.23. The fourth-order valence-electron chi connectivity index (χ4n) is 1.63. The Morgan fingerprint density at radius 1 is 1.18 bits per heavy atom. The number of nitrogens with one attached hydrogen (secondary N) is 1. The predicted octanol–water partition coefficient (Wildman–Crippen LogP) is 2.16. The predicted molar refractivity (Wildman–Crippen MR) is 68.1 cm³/mol. The number of anilines is 1. The second kappa shape index (κ2) is 4.33. The van der Waals surface area contributed by atoms with E-state index >= 15 is 0 Å². The van der Waals surface area contributed by atoms with E-state index in [2.05, 4.69) is 21.4 Å². The largest absolute Gasteiger partial charge is 0.282 e. The number of benzene rings is 1. The van der Waals surface area contributed by atoms with E-state index in [0.717, 1.165) is 4.47 Å². The van der Waals surface area contributed by atoms with Gasteiger partial charge in [-0.05, 0) is 38.1 Å². The summed E-state index contributed by atoms with van der Waals surface area (Å²) in [7, 11) is 0. The average Bonchev–Trinajstić information content (AvgIpc) is 2.55. The van der Waals surface area contributed by atoms with Crippen molar-refractivity contribution in [2.75, 3.05) is 5.01 Å². The number of nitrogens with zero attached hydrogens (tertiary/aromatic N) is 1. The van der Waals surface area contributed by atoms with Crippen LogP contribution in [-0.4, -0.2) is 11.8 Å². The second-order valence-electron chi connectivity index (χ2n) is 3.93. The zero-order valence-electron chi connectivity index (χ0n) is 9.45. The van der Waals surface area contributed by atoms with Crippen LogP contribution >= 0.6 is 15.9 Å². The maximum Gasteiger partial charge on any atom is 0.282 e. The lowest BCUT2D eigenvalue weighted by Crippen LogP contribution is -2.35. The summed E-state index contributed by atoms with van der Waals surface area (Å²) in [5.74, 6) is -0.657. The van der Waals surface area contributed by atoms with E-state index < -0.39 is 0 Å². The molecule has 88 valence electrons. The molecule has 1 aromatic carbocycles. The topological polar surface area (TPSA) is 49.4 Å². The van der Waals surface area contributed by atoms with Gasteiger partial charge in [0.2, 0.25) is 0 Å². The van der Waals surface area contributed by atoms with Crippen molar-refractivity contribution in [1.29, 1.82) is 0 Å². The molecule has 2 amide bonds. The van der Waals surface area contributed by atoms with Crippen molar-refractivity contribution in [3.05, 3.63) is 39.9 Å². The maximum atomic E-state index is 12.0. The highest BCUT2D eigenvalue weighted by molar-refractivity contribution is 9.10. The van der Waals surface area contributed by atoms with E-state index in [1.165, 1.54) is 5.01 Å². The van der Waals surface area contributed by atoms with Gasteiger partial charge in [-0.15, -0.1) is 0 Å². The Balaban J connectivity index is 2.38. The fourth-order valence-corrected chi connectivity index (χ4v) is 1.89. The molecule has 1 aliphatic rings. The molecule has 0 radical (unpaired) electrons. The van der Waals surface area contributed by atoms with Gasteiger partial charge in [-0.2, -0.15) is 0 Å². The Hall–Kier alpha value is -1.62. The molecule has 4 nitrogen and oxygen atoms in total. The van der Waals surface area contributed by atoms with Crippen LogP contribution in [0.4, 0.5) is 5.69 Å². The molecule has 1 N–H and O–H groups in total. The van der Waals surface area contributed by atoms with E-state index in [-0.39, 0.29) is 17.4 Å². The number of hydrogen-bond donors (Lipinski definition) is 1. The first-order valence-corrected chi connectivity index (χ1v) is 5.88. The van der Waals surface area contributed by atoms with Crippen molar-refractivity contribution in [2.24, 2.45) is 0 Å². The summed E-state index contributed by atoms with van der Waals surface area (Å²) in [6.45, 7) is 3.50. The van der Waals surface area contributed by atoms with E-state index in [1.54, 1.807) is 26.0 Å². The van der Waals surface area contributed by atoms with E-state index in [9.17, 15) is 9.59 Å². The quantitative estimate of drug-likeness (QED) is 0.637. The minimum Gasteiger partial charge on any atom is -0.267 e. The van der Waals surface area contributed by atoms with Gasteiger partial charge in [0.25, 0.3) is 11.8 Å². The average molecular weight is 295 g/mol. The Bertz CT molecular complexity index is 516. The van der Waals surface area contributed by atoms with Crippen LogP contribution in [0.25, 0.3) is 0 Å². The van der Waals surface area contributed by atoms with Crippen LogP contribution in [0.5, 0.6) is 0 Å². The van der Waals surface area contributed by atoms with E-state index in [0.29, 0.717) is 11.3 Å². The van der Waals surface area contributed by atoms with Gasteiger partial charge in [0, 0.05) is 4.47 Å². The van der Waals surface area contributed by atoms with Gasteiger partial charge in [0.1, 0.15) is 5.57 Å². The SMILES string of the molecule is CC(C)=C1C(=O)NN(c2ccc(Br)cc2)C1=O. The minimum absolute atomic E-state index is 0.216. The summed E-state index contributed by atoms with van der Waals surface area (Å²) in [5, 5.41) is 1.26. The van der Waals surface area contributed by atoms with Crippen molar-refractivity contribution in [3.63, 3.8) is 0 Å². The van der Waals surface area contributed by atoms with Gasteiger partial charge in [-0.1, -0.05) is 21.5 Å². The molecule has 5 heteroatoms. The normalized spacial score (nSPS) is 15.2.